The fourth-order valence-electron chi connectivity index (χ4n) is 2.92. The minimum Gasteiger partial charge on any atom is -0.392 e. The van der Waals surface area contributed by atoms with E-state index < -0.39 is 0 Å². The normalized spacial score (nSPS) is 21.9. The molecule has 1 aliphatic rings. The summed E-state index contributed by atoms with van der Waals surface area (Å²) in [5.74, 6) is 0. The second kappa shape index (κ2) is 7.99. The number of nitrogens with one attached hydrogen (secondary N) is 1. The molecule has 0 amide bonds. The number of rotatable bonds is 6. The minimum absolute atomic E-state index is 0.151. The summed E-state index contributed by atoms with van der Waals surface area (Å²) >= 11 is 6.31. The monoisotopic (exact) mass is 296 g/mol. The van der Waals surface area contributed by atoms with E-state index in [1.165, 1.54) is 5.56 Å². The van der Waals surface area contributed by atoms with E-state index in [0.717, 1.165) is 50.5 Å². The van der Waals surface area contributed by atoms with Gasteiger partial charge in [0.2, 0.25) is 0 Å². The Bertz CT molecular complexity index is 413. The van der Waals surface area contributed by atoms with Gasteiger partial charge in [-0.15, -0.1) is 0 Å². The molecule has 2 rings (SSSR count). The maximum atomic E-state index is 9.73. The van der Waals surface area contributed by atoms with E-state index in [9.17, 15) is 5.11 Å². The Balaban J connectivity index is 1.94. The van der Waals surface area contributed by atoms with E-state index in [2.05, 4.69) is 23.2 Å². The minimum atomic E-state index is -0.151. The third-order valence-corrected chi connectivity index (χ3v) is 4.29. The van der Waals surface area contributed by atoms with Crippen molar-refractivity contribution in [3.63, 3.8) is 0 Å². The summed E-state index contributed by atoms with van der Waals surface area (Å²) in [7, 11) is 0. The lowest BCUT2D eigenvalue weighted by molar-refractivity contribution is 0.0685. The Morgan fingerprint density at radius 1 is 1.45 bits per heavy atom. The van der Waals surface area contributed by atoms with E-state index in [4.69, 9.17) is 11.6 Å². The molecule has 4 heteroatoms. The Labute approximate surface area is 126 Å². The molecule has 0 saturated carbocycles. The first-order valence-corrected chi connectivity index (χ1v) is 7.96. The first-order chi connectivity index (χ1) is 9.70. The molecule has 0 radical (unpaired) electrons. The molecule has 1 fully saturated rings. The second-order valence-electron chi connectivity index (χ2n) is 5.52. The van der Waals surface area contributed by atoms with Crippen molar-refractivity contribution in [3.8, 4) is 0 Å². The molecular formula is C16H25ClN2O. The van der Waals surface area contributed by atoms with Crippen LogP contribution in [0.25, 0.3) is 0 Å². The van der Waals surface area contributed by atoms with Gasteiger partial charge < -0.3 is 15.3 Å². The van der Waals surface area contributed by atoms with Crippen LogP contribution in [0.15, 0.2) is 24.3 Å². The summed E-state index contributed by atoms with van der Waals surface area (Å²) in [5.41, 5.74) is 1.17. The molecule has 0 spiro atoms. The van der Waals surface area contributed by atoms with Crippen molar-refractivity contribution >= 4 is 11.6 Å². The van der Waals surface area contributed by atoms with Gasteiger partial charge in [0.15, 0.2) is 0 Å². The van der Waals surface area contributed by atoms with E-state index in [1.807, 2.05) is 18.2 Å². The van der Waals surface area contributed by atoms with Crippen molar-refractivity contribution in [2.75, 3.05) is 26.2 Å². The zero-order valence-electron chi connectivity index (χ0n) is 12.2. The number of likely N-dealkylation sites (tertiary alicyclic amines) is 1. The highest BCUT2D eigenvalue weighted by molar-refractivity contribution is 6.31. The number of piperidine rings is 1. The Hall–Kier alpha value is -0.610. The molecule has 0 aliphatic carbocycles. The van der Waals surface area contributed by atoms with Crippen LogP contribution in [-0.4, -0.2) is 42.3 Å². The average Bonchev–Trinajstić information content (AvgIpc) is 2.44. The highest BCUT2D eigenvalue weighted by atomic mass is 35.5. The largest absolute Gasteiger partial charge is 0.392 e. The number of β-amino-alcohol motifs (C(OH)–C–C–N with tert-alkyl or cyclic N) is 1. The van der Waals surface area contributed by atoms with Crippen molar-refractivity contribution in [1.29, 1.82) is 0 Å². The van der Waals surface area contributed by atoms with Gasteiger partial charge in [0.25, 0.3) is 0 Å². The van der Waals surface area contributed by atoms with Gasteiger partial charge in [-0.25, -0.2) is 0 Å². The molecule has 0 bridgehead atoms. The lowest BCUT2D eigenvalue weighted by atomic mass is 10.0. The molecule has 1 heterocycles. The van der Waals surface area contributed by atoms with Gasteiger partial charge in [-0.3, -0.25) is 0 Å². The zero-order valence-corrected chi connectivity index (χ0v) is 12.9. The first kappa shape index (κ1) is 15.8. The number of nitrogens with zero attached hydrogens (tertiary/aromatic N) is 1. The van der Waals surface area contributed by atoms with Crippen LogP contribution in [0.5, 0.6) is 0 Å². The van der Waals surface area contributed by atoms with Gasteiger partial charge in [-0.1, -0.05) is 36.7 Å². The quantitative estimate of drug-likeness (QED) is 0.847. The van der Waals surface area contributed by atoms with Gasteiger partial charge in [0.1, 0.15) is 0 Å². The van der Waals surface area contributed by atoms with Gasteiger partial charge in [0.05, 0.1) is 6.10 Å². The van der Waals surface area contributed by atoms with Crippen LogP contribution in [-0.2, 0) is 0 Å². The van der Waals surface area contributed by atoms with Crippen LogP contribution >= 0.6 is 11.6 Å². The van der Waals surface area contributed by atoms with Crippen molar-refractivity contribution < 1.29 is 5.11 Å². The fourth-order valence-corrected chi connectivity index (χ4v) is 3.18. The molecule has 3 nitrogen and oxygen atoms in total. The average molecular weight is 297 g/mol. The molecular weight excluding hydrogens is 272 g/mol. The predicted molar refractivity (Wildman–Crippen MR) is 84.2 cm³/mol. The molecule has 112 valence electrons. The van der Waals surface area contributed by atoms with E-state index in [0.29, 0.717) is 0 Å². The SMILES string of the molecule is CCNC(CCN1CCCC(O)C1)c1ccccc1Cl. The van der Waals surface area contributed by atoms with Crippen LogP contribution in [0.4, 0.5) is 0 Å². The van der Waals surface area contributed by atoms with Crippen molar-refractivity contribution in [2.24, 2.45) is 0 Å². The standard InChI is InChI=1S/C16H25ClN2O/c1-2-18-16(14-7-3-4-8-15(14)17)9-11-19-10-5-6-13(20)12-19/h3-4,7-8,13,16,18,20H,2,5-6,9-12H2,1H3. The summed E-state index contributed by atoms with van der Waals surface area (Å²) < 4.78 is 0. The Kier molecular flexibility index (Phi) is 6.30. The van der Waals surface area contributed by atoms with Gasteiger partial charge in [-0.05, 0) is 44.0 Å². The summed E-state index contributed by atoms with van der Waals surface area (Å²) in [6, 6.07) is 8.34. The Morgan fingerprint density at radius 3 is 2.95 bits per heavy atom. The molecule has 2 N–H and O–H groups in total. The maximum absolute atomic E-state index is 9.73. The molecule has 1 aromatic carbocycles. The van der Waals surface area contributed by atoms with Gasteiger partial charge >= 0.3 is 0 Å². The number of aliphatic hydroxyl groups excluding tert-OH is 1. The highest BCUT2D eigenvalue weighted by Gasteiger charge is 2.20. The van der Waals surface area contributed by atoms with E-state index in [-0.39, 0.29) is 12.1 Å². The molecule has 0 aromatic heterocycles. The van der Waals surface area contributed by atoms with Crippen molar-refractivity contribution in [3.05, 3.63) is 34.9 Å². The molecule has 1 aliphatic heterocycles. The highest BCUT2D eigenvalue weighted by Crippen LogP contribution is 2.25. The van der Waals surface area contributed by atoms with Crippen molar-refractivity contribution in [2.45, 2.75) is 38.3 Å². The number of halogens is 1. The van der Waals surface area contributed by atoms with Crippen LogP contribution in [0.2, 0.25) is 5.02 Å². The van der Waals surface area contributed by atoms with E-state index >= 15 is 0 Å². The van der Waals surface area contributed by atoms with Crippen LogP contribution in [0.1, 0.15) is 37.8 Å². The molecule has 1 aromatic rings. The first-order valence-electron chi connectivity index (χ1n) is 7.59. The number of hydrogen-bond donors (Lipinski definition) is 2. The lowest BCUT2D eigenvalue weighted by Gasteiger charge is -2.31. The van der Waals surface area contributed by atoms with E-state index in [1.54, 1.807) is 0 Å². The van der Waals surface area contributed by atoms with Crippen molar-refractivity contribution in [1.82, 2.24) is 10.2 Å². The fraction of sp³-hybridized carbons (Fsp3) is 0.625. The number of hydrogen-bond acceptors (Lipinski definition) is 3. The van der Waals surface area contributed by atoms with Crippen LogP contribution in [0.3, 0.4) is 0 Å². The zero-order chi connectivity index (χ0) is 14.4. The predicted octanol–water partition coefficient (Wildman–Crippen LogP) is 2.84. The summed E-state index contributed by atoms with van der Waals surface area (Å²) in [4.78, 5) is 2.36. The second-order valence-corrected chi connectivity index (χ2v) is 5.92. The van der Waals surface area contributed by atoms with Gasteiger partial charge in [-0.2, -0.15) is 0 Å². The van der Waals surface area contributed by atoms with Crippen LogP contribution < -0.4 is 5.32 Å². The summed E-state index contributed by atoms with van der Waals surface area (Å²) in [6.45, 7) is 5.95. The summed E-state index contributed by atoms with van der Waals surface area (Å²) in [6.07, 6.45) is 2.91. The number of aliphatic hydroxyl groups is 1. The molecule has 20 heavy (non-hydrogen) atoms. The number of benzene rings is 1. The van der Waals surface area contributed by atoms with Crippen LogP contribution in [0, 0.1) is 0 Å². The lowest BCUT2D eigenvalue weighted by Crippen LogP contribution is -2.39. The topological polar surface area (TPSA) is 35.5 Å². The summed E-state index contributed by atoms with van der Waals surface area (Å²) in [5, 5.41) is 14.1. The maximum Gasteiger partial charge on any atom is 0.0667 e. The third-order valence-electron chi connectivity index (χ3n) is 3.95. The molecule has 1 saturated heterocycles. The molecule has 2 unspecified atom stereocenters. The third kappa shape index (κ3) is 4.45. The molecule has 2 atom stereocenters. The Morgan fingerprint density at radius 2 is 2.25 bits per heavy atom. The smallest absolute Gasteiger partial charge is 0.0667 e. The van der Waals surface area contributed by atoms with Gasteiger partial charge in [0, 0.05) is 24.2 Å².